The molecule has 1 aromatic heterocycles. The van der Waals surface area contributed by atoms with E-state index in [-0.39, 0.29) is 17.8 Å². The number of rotatable bonds is 7. The van der Waals surface area contributed by atoms with Crippen molar-refractivity contribution in [3.05, 3.63) is 83.8 Å². The number of para-hydroxylation sites is 1. The van der Waals surface area contributed by atoms with Crippen LogP contribution >= 0.6 is 0 Å². The Labute approximate surface area is 204 Å². The molecule has 5 rings (SSSR count). The number of benzene rings is 3. The normalized spacial score (nSPS) is 15.1. The molecule has 0 spiro atoms. The van der Waals surface area contributed by atoms with Crippen LogP contribution in [0.3, 0.4) is 0 Å². The maximum Gasteiger partial charge on any atom is 0.254 e. The molecule has 0 radical (unpaired) electrons. The summed E-state index contributed by atoms with van der Waals surface area (Å²) in [4.78, 5) is 17.9. The number of fused-ring (bicyclic) bond motifs is 1. The van der Waals surface area contributed by atoms with Gasteiger partial charge in [-0.3, -0.25) is 9.89 Å². The summed E-state index contributed by atoms with van der Waals surface area (Å²) in [5.41, 5.74) is 4.02. The smallest absolute Gasteiger partial charge is 0.254 e. The molecule has 2 heterocycles. The second-order valence-electron chi connectivity index (χ2n) is 9.18. The minimum atomic E-state index is -0.314. The Morgan fingerprint density at radius 2 is 2.00 bits per heavy atom. The number of aromatic nitrogens is 2. The number of carbonyl (C=O) groups excluding carboxylic acids is 1. The summed E-state index contributed by atoms with van der Waals surface area (Å²) < 4.78 is 19.7. The largest absolute Gasteiger partial charge is 0.493 e. The average Bonchev–Trinajstić information content (AvgIpc) is 3.32. The molecule has 1 N–H and O–H groups in total. The maximum atomic E-state index is 13.9. The number of aromatic amines is 1. The molecular weight excluding hydrogens is 443 g/mol. The lowest BCUT2D eigenvalue weighted by Crippen LogP contribution is -2.51. The van der Waals surface area contributed by atoms with E-state index >= 15 is 0 Å². The SMILES string of the molecule is CCOc1cc(C(=O)N(C)[C@@H](c2cccc3cn[nH]c23)C2CN(C)C2)ccc1-c1cccc(F)c1. The summed E-state index contributed by atoms with van der Waals surface area (Å²) in [6.07, 6.45) is 1.81. The zero-order valence-corrected chi connectivity index (χ0v) is 20.2. The number of hydrogen-bond donors (Lipinski definition) is 1. The molecule has 0 aliphatic carbocycles. The van der Waals surface area contributed by atoms with E-state index in [1.807, 2.05) is 49.3 Å². The molecule has 0 unspecified atom stereocenters. The van der Waals surface area contributed by atoms with Crippen LogP contribution in [0.15, 0.2) is 66.9 Å². The van der Waals surface area contributed by atoms with Crippen LogP contribution in [0.1, 0.15) is 28.9 Å². The monoisotopic (exact) mass is 472 g/mol. The predicted octanol–water partition coefficient (Wildman–Crippen LogP) is 5.14. The van der Waals surface area contributed by atoms with Gasteiger partial charge >= 0.3 is 0 Å². The number of hydrogen-bond acceptors (Lipinski definition) is 4. The fraction of sp³-hybridized carbons (Fsp3) is 0.286. The summed E-state index contributed by atoms with van der Waals surface area (Å²) in [6, 6.07) is 17.8. The standard InChI is InChI=1S/C28H29FN4O2/c1-4-35-25-14-19(11-12-23(25)18-7-5-9-22(29)13-18)28(34)33(3)27(21-16-32(2)17-21)24-10-6-8-20-15-30-31-26(20)24/h5-15,21,27H,4,16-17H2,1-3H3,(H,30,31)/t27-/m1/s1. The van der Waals surface area contributed by atoms with Crippen LogP contribution in [0.25, 0.3) is 22.0 Å². The summed E-state index contributed by atoms with van der Waals surface area (Å²) >= 11 is 0. The van der Waals surface area contributed by atoms with Crippen LogP contribution in [0, 0.1) is 11.7 Å². The van der Waals surface area contributed by atoms with Gasteiger partial charge in [-0.1, -0.05) is 30.3 Å². The van der Waals surface area contributed by atoms with Gasteiger partial charge in [0.05, 0.1) is 24.4 Å². The molecule has 7 heteroatoms. The molecule has 1 amide bonds. The van der Waals surface area contributed by atoms with E-state index in [2.05, 4.69) is 28.2 Å². The van der Waals surface area contributed by atoms with Gasteiger partial charge in [-0.25, -0.2) is 4.39 Å². The average molecular weight is 473 g/mol. The van der Waals surface area contributed by atoms with Crippen molar-refractivity contribution in [2.24, 2.45) is 5.92 Å². The van der Waals surface area contributed by atoms with Crippen LogP contribution in [0.4, 0.5) is 4.39 Å². The van der Waals surface area contributed by atoms with Gasteiger partial charge in [0, 0.05) is 48.1 Å². The zero-order chi connectivity index (χ0) is 24.5. The van der Waals surface area contributed by atoms with Crippen LogP contribution in [0.5, 0.6) is 5.75 Å². The molecule has 0 bridgehead atoms. The lowest BCUT2D eigenvalue weighted by Gasteiger charge is -2.45. The van der Waals surface area contributed by atoms with Gasteiger partial charge in [0.2, 0.25) is 0 Å². The second kappa shape index (κ2) is 9.50. The van der Waals surface area contributed by atoms with Gasteiger partial charge in [0.1, 0.15) is 11.6 Å². The molecule has 180 valence electrons. The Bertz CT molecular complexity index is 1360. The van der Waals surface area contributed by atoms with Crippen molar-refractivity contribution in [3.63, 3.8) is 0 Å². The number of likely N-dealkylation sites (tertiary alicyclic amines) is 1. The van der Waals surface area contributed by atoms with Gasteiger partial charge in [0.15, 0.2) is 0 Å². The van der Waals surface area contributed by atoms with E-state index in [1.54, 1.807) is 18.2 Å². The number of halogens is 1. The third-order valence-corrected chi connectivity index (χ3v) is 6.77. The van der Waals surface area contributed by atoms with Gasteiger partial charge in [-0.2, -0.15) is 5.10 Å². The van der Waals surface area contributed by atoms with Crippen molar-refractivity contribution in [1.29, 1.82) is 0 Å². The highest BCUT2D eigenvalue weighted by molar-refractivity contribution is 5.96. The van der Waals surface area contributed by atoms with Gasteiger partial charge in [-0.05, 0) is 49.9 Å². The molecule has 6 nitrogen and oxygen atoms in total. The molecular formula is C28H29FN4O2. The highest BCUT2D eigenvalue weighted by atomic mass is 19.1. The van der Waals surface area contributed by atoms with Crippen molar-refractivity contribution >= 4 is 16.8 Å². The highest BCUT2D eigenvalue weighted by Gasteiger charge is 2.38. The van der Waals surface area contributed by atoms with Crippen LogP contribution in [-0.2, 0) is 0 Å². The molecule has 35 heavy (non-hydrogen) atoms. The van der Waals surface area contributed by atoms with Crippen LogP contribution < -0.4 is 4.74 Å². The number of nitrogens with one attached hydrogen (secondary N) is 1. The first kappa shape index (κ1) is 23.1. The van der Waals surface area contributed by atoms with Crippen molar-refractivity contribution < 1.29 is 13.9 Å². The second-order valence-corrected chi connectivity index (χ2v) is 9.18. The minimum absolute atomic E-state index is 0.0900. The molecule has 1 saturated heterocycles. The molecule has 1 aliphatic rings. The van der Waals surface area contributed by atoms with Crippen LogP contribution in [0.2, 0.25) is 0 Å². The van der Waals surface area contributed by atoms with E-state index < -0.39 is 0 Å². The highest BCUT2D eigenvalue weighted by Crippen LogP contribution is 2.38. The fourth-order valence-corrected chi connectivity index (χ4v) is 5.12. The zero-order valence-electron chi connectivity index (χ0n) is 20.2. The van der Waals surface area contributed by atoms with E-state index in [9.17, 15) is 9.18 Å². The number of H-pyrrole nitrogens is 1. The van der Waals surface area contributed by atoms with Gasteiger partial charge in [-0.15, -0.1) is 0 Å². The van der Waals surface area contributed by atoms with Gasteiger partial charge < -0.3 is 14.5 Å². The molecule has 3 aromatic carbocycles. The van der Waals surface area contributed by atoms with Gasteiger partial charge in [0.25, 0.3) is 5.91 Å². The van der Waals surface area contributed by atoms with E-state index in [0.717, 1.165) is 35.1 Å². The number of ether oxygens (including phenoxy) is 1. The Kier molecular flexibility index (Phi) is 6.26. The summed E-state index contributed by atoms with van der Waals surface area (Å²) in [5, 5.41) is 8.37. The third-order valence-electron chi connectivity index (χ3n) is 6.77. The topological polar surface area (TPSA) is 61.5 Å². The summed E-state index contributed by atoms with van der Waals surface area (Å²) in [7, 11) is 3.95. The quantitative estimate of drug-likeness (QED) is 0.405. The van der Waals surface area contributed by atoms with Crippen molar-refractivity contribution in [2.45, 2.75) is 13.0 Å². The Hall–Kier alpha value is -3.71. The summed E-state index contributed by atoms with van der Waals surface area (Å²) in [6.45, 7) is 4.16. The van der Waals surface area contributed by atoms with Crippen molar-refractivity contribution in [3.8, 4) is 16.9 Å². The molecule has 4 aromatic rings. The number of carbonyl (C=O) groups is 1. The maximum absolute atomic E-state index is 13.9. The first-order chi connectivity index (χ1) is 17.0. The fourth-order valence-electron chi connectivity index (χ4n) is 5.12. The van der Waals surface area contributed by atoms with E-state index in [4.69, 9.17) is 4.74 Å². The van der Waals surface area contributed by atoms with Crippen molar-refractivity contribution in [2.75, 3.05) is 33.8 Å². The first-order valence-corrected chi connectivity index (χ1v) is 11.9. The lowest BCUT2D eigenvalue weighted by molar-refractivity contribution is 0.0374. The predicted molar refractivity (Wildman–Crippen MR) is 135 cm³/mol. The minimum Gasteiger partial charge on any atom is -0.493 e. The Morgan fingerprint density at radius 3 is 2.74 bits per heavy atom. The molecule has 1 atom stereocenters. The molecule has 0 saturated carbocycles. The lowest BCUT2D eigenvalue weighted by atomic mass is 9.85. The van der Waals surface area contributed by atoms with Crippen molar-refractivity contribution in [1.82, 2.24) is 20.0 Å². The number of nitrogens with zero attached hydrogens (tertiary/aromatic N) is 3. The number of amides is 1. The van der Waals surface area contributed by atoms with Crippen LogP contribution in [-0.4, -0.2) is 59.7 Å². The Morgan fingerprint density at radius 1 is 1.20 bits per heavy atom. The summed E-state index contributed by atoms with van der Waals surface area (Å²) in [5.74, 6) is 0.465. The first-order valence-electron chi connectivity index (χ1n) is 11.9. The molecule has 1 fully saturated rings. The molecule has 1 aliphatic heterocycles. The Balaban J connectivity index is 1.51. The third kappa shape index (κ3) is 4.39. The van der Waals surface area contributed by atoms with E-state index in [1.165, 1.54) is 12.1 Å². The van der Waals surface area contributed by atoms with E-state index in [0.29, 0.717) is 29.4 Å².